The third kappa shape index (κ3) is 5.57. The molecule has 1 amide bonds. The third-order valence-electron chi connectivity index (χ3n) is 4.62. The number of carbonyl (C=O) groups excluding carboxylic acids is 1. The van der Waals surface area contributed by atoms with Crippen LogP contribution in [0.2, 0.25) is 0 Å². The second-order valence-electron chi connectivity index (χ2n) is 6.79. The first-order valence-corrected chi connectivity index (χ1v) is 11.4. The fourth-order valence-electron chi connectivity index (χ4n) is 3.08. The topological polar surface area (TPSA) is 101 Å². The van der Waals surface area contributed by atoms with Gasteiger partial charge < -0.3 is 5.32 Å². The summed E-state index contributed by atoms with van der Waals surface area (Å²) in [4.78, 5) is 12.2. The summed E-state index contributed by atoms with van der Waals surface area (Å²) in [7, 11) is -3.61. The van der Waals surface area contributed by atoms with E-state index in [1.165, 1.54) is 30.6 Å². The fraction of sp³-hybridized carbons (Fsp3) is 0.500. The summed E-state index contributed by atoms with van der Waals surface area (Å²) in [5.41, 5.74) is 0.984. The van der Waals surface area contributed by atoms with Crippen molar-refractivity contribution in [1.29, 1.82) is 0 Å². The minimum Gasteiger partial charge on any atom is -0.300 e. The van der Waals surface area contributed by atoms with Crippen LogP contribution in [-0.2, 0) is 14.8 Å². The lowest BCUT2D eigenvalue weighted by Crippen LogP contribution is -2.27. The van der Waals surface area contributed by atoms with Crippen LogP contribution in [0.4, 0.5) is 5.13 Å². The van der Waals surface area contributed by atoms with Gasteiger partial charge in [-0.3, -0.25) is 4.79 Å². The predicted octanol–water partition coefficient (Wildman–Crippen LogP) is 3.20. The molecule has 0 atom stereocenters. The lowest BCUT2D eigenvalue weighted by molar-refractivity contribution is -0.116. The van der Waals surface area contributed by atoms with E-state index in [0.29, 0.717) is 11.0 Å². The fourth-order valence-corrected chi connectivity index (χ4v) is 5.04. The van der Waals surface area contributed by atoms with Crippen LogP contribution in [0.5, 0.6) is 0 Å². The second-order valence-corrected chi connectivity index (χ2v) is 9.57. The Kier molecular flexibility index (Phi) is 6.56. The van der Waals surface area contributed by atoms with Gasteiger partial charge in [-0.05, 0) is 31.9 Å². The van der Waals surface area contributed by atoms with Crippen molar-refractivity contribution in [3.63, 3.8) is 0 Å². The summed E-state index contributed by atoms with van der Waals surface area (Å²) in [6.45, 7) is 1.91. The largest absolute Gasteiger partial charge is 0.300 e. The second kappa shape index (κ2) is 8.90. The van der Waals surface area contributed by atoms with Crippen LogP contribution < -0.4 is 10.0 Å². The van der Waals surface area contributed by atoms with E-state index in [0.717, 1.165) is 23.4 Å². The summed E-state index contributed by atoms with van der Waals surface area (Å²) in [5.74, 6) is 0.163. The molecule has 0 radical (unpaired) electrons. The van der Waals surface area contributed by atoms with Gasteiger partial charge in [0, 0.05) is 18.9 Å². The monoisotopic (exact) mass is 408 g/mol. The molecule has 1 aromatic carbocycles. The maximum absolute atomic E-state index is 12.2. The molecule has 9 heteroatoms. The smallest absolute Gasteiger partial charge is 0.240 e. The third-order valence-corrected chi connectivity index (χ3v) is 7.09. The first-order chi connectivity index (χ1) is 12.9. The van der Waals surface area contributed by atoms with E-state index in [9.17, 15) is 13.2 Å². The van der Waals surface area contributed by atoms with Crippen LogP contribution in [0.25, 0.3) is 0 Å². The Labute approximate surface area is 163 Å². The van der Waals surface area contributed by atoms with Crippen molar-refractivity contribution in [2.75, 3.05) is 11.9 Å². The number of hydrogen-bond acceptors (Lipinski definition) is 6. The van der Waals surface area contributed by atoms with Gasteiger partial charge in [0.25, 0.3) is 0 Å². The van der Waals surface area contributed by atoms with E-state index in [1.54, 1.807) is 24.3 Å². The Hall–Kier alpha value is -1.84. The zero-order valence-corrected chi connectivity index (χ0v) is 16.9. The van der Waals surface area contributed by atoms with Crippen LogP contribution in [0.3, 0.4) is 0 Å². The van der Waals surface area contributed by atoms with Gasteiger partial charge in [0.1, 0.15) is 5.01 Å². The molecule has 146 valence electrons. The summed E-state index contributed by atoms with van der Waals surface area (Å²) >= 11 is 1.41. The average molecular weight is 409 g/mol. The van der Waals surface area contributed by atoms with Gasteiger partial charge in [-0.25, -0.2) is 13.1 Å². The van der Waals surface area contributed by atoms with Crippen LogP contribution in [0.15, 0.2) is 29.2 Å². The van der Waals surface area contributed by atoms with Gasteiger partial charge in [-0.2, -0.15) is 0 Å². The maximum atomic E-state index is 12.2. The number of amides is 1. The molecule has 0 saturated heterocycles. The van der Waals surface area contributed by atoms with Crippen molar-refractivity contribution in [2.24, 2.45) is 0 Å². The van der Waals surface area contributed by atoms with Crippen molar-refractivity contribution >= 4 is 32.4 Å². The highest BCUT2D eigenvalue weighted by Crippen LogP contribution is 2.35. The van der Waals surface area contributed by atoms with Crippen molar-refractivity contribution in [3.05, 3.63) is 34.8 Å². The minimum atomic E-state index is -3.61. The maximum Gasteiger partial charge on any atom is 0.240 e. The Morgan fingerprint density at radius 2 is 1.85 bits per heavy atom. The molecule has 2 N–H and O–H groups in total. The van der Waals surface area contributed by atoms with E-state index in [1.807, 2.05) is 6.92 Å². The molecule has 1 heterocycles. The molecule has 7 nitrogen and oxygen atoms in total. The number of rotatable bonds is 7. The van der Waals surface area contributed by atoms with Gasteiger partial charge in [0.15, 0.2) is 0 Å². The van der Waals surface area contributed by atoms with Gasteiger partial charge in [0.05, 0.1) is 4.90 Å². The minimum absolute atomic E-state index is 0.0241. The first-order valence-electron chi connectivity index (χ1n) is 9.13. The average Bonchev–Trinajstić information content (AvgIpc) is 3.11. The van der Waals surface area contributed by atoms with E-state index in [2.05, 4.69) is 20.2 Å². The molecule has 0 unspecified atom stereocenters. The molecule has 1 aromatic heterocycles. The zero-order chi connectivity index (χ0) is 19.3. The van der Waals surface area contributed by atoms with Gasteiger partial charge in [-0.1, -0.05) is 48.3 Å². The normalized spacial score (nSPS) is 15.6. The quantitative estimate of drug-likeness (QED) is 0.733. The molecule has 0 bridgehead atoms. The molecule has 1 fully saturated rings. The summed E-state index contributed by atoms with van der Waals surface area (Å²) in [6.07, 6.45) is 5.99. The molecule has 3 rings (SSSR count). The number of aromatic nitrogens is 2. The Bertz CT molecular complexity index is 872. The van der Waals surface area contributed by atoms with E-state index >= 15 is 0 Å². The van der Waals surface area contributed by atoms with Crippen molar-refractivity contribution in [1.82, 2.24) is 14.9 Å². The van der Waals surface area contributed by atoms with Crippen molar-refractivity contribution in [3.8, 4) is 0 Å². The summed E-state index contributed by atoms with van der Waals surface area (Å²) in [5, 5.41) is 12.4. The molecule has 1 aliphatic rings. The summed E-state index contributed by atoms with van der Waals surface area (Å²) in [6, 6.07) is 6.57. The molecular formula is C18H24N4O3S2. The van der Waals surface area contributed by atoms with Crippen molar-refractivity contribution in [2.45, 2.75) is 56.3 Å². The lowest BCUT2D eigenvalue weighted by atomic mass is 9.90. The number of hydrogen-bond donors (Lipinski definition) is 2. The van der Waals surface area contributed by atoms with Gasteiger partial charge in [-0.15, -0.1) is 10.2 Å². The van der Waals surface area contributed by atoms with Crippen molar-refractivity contribution < 1.29 is 13.2 Å². The highest BCUT2D eigenvalue weighted by Gasteiger charge is 2.20. The Morgan fingerprint density at radius 3 is 2.56 bits per heavy atom. The van der Waals surface area contributed by atoms with Crippen LogP contribution >= 0.6 is 11.3 Å². The Balaban J connectivity index is 1.47. The number of nitrogens with zero attached hydrogens (tertiary/aromatic N) is 2. The van der Waals surface area contributed by atoms with E-state index in [-0.39, 0.29) is 23.8 Å². The molecule has 1 aliphatic carbocycles. The SMILES string of the molecule is Cc1ccc(S(=O)(=O)NCCC(=O)Nc2nnc(C3CCCCC3)s2)cc1. The van der Waals surface area contributed by atoms with E-state index < -0.39 is 10.0 Å². The molecule has 1 saturated carbocycles. The number of aryl methyl sites for hydroxylation is 1. The first kappa shape index (κ1) is 19.9. The number of anilines is 1. The standard InChI is InChI=1S/C18H24N4O3S2/c1-13-7-9-15(10-8-13)27(24,25)19-12-11-16(23)20-18-22-21-17(26-18)14-5-3-2-4-6-14/h7-10,14,19H,2-6,11-12H2,1H3,(H,20,22,23). The zero-order valence-electron chi connectivity index (χ0n) is 15.3. The number of benzene rings is 1. The lowest BCUT2D eigenvalue weighted by Gasteiger charge is -2.18. The number of carbonyl (C=O) groups is 1. The summed E-state index contributed by atoms with van der Waals surface area (Å²) < 4.78 is 26.8. The number of sulfonamides is 1. The van der Waals surface area contributed by atoms with Crippen LogP contribution in [-0.4, -0.2) is 31.1 Å². The number of nitrogens with one attached hydrogen (secondary N) is 2. The molecule has 0 aliphatic heterocycles. The molecular weight excluding hydrogens is 384 g/mol. The highest BCUT2D eigenvalue weighted by atomic mass is 32.2. The highest BCUT2D eigenvalue weighted by molar-refractivity contribution is 7.89. The molecule has 2 aromatic rings. The van der Waals surface area contributed by atoms with Crippen LogP contribution in [0, 0.1) is 6.92 Å². The Morgan fingerprint density at radius 1 is 1.15 bits per heavy atom. The van der Waals surface area contributed by atoms with Gasteiger partial charge in [0.2, 0.25) is 21.1 Å². The predicted molar refractivity (Wildman–Crippen MR) is 105 cm³/mol. The van der Waals surface area contributed by atoms with Crippen LogP contribution in [0.1, 0.15) is 55.0 Å². The molecule has 0 spiro atoms. The van der Waals surface area contributed by atoms with Gasteiger partial charge >= 0.3 is 0 Å². The molecule has 27 heavy (non-hydrogen) atoms. The van der Waals surface area contributed by atoms with E-state index in [4.69, 9.17) is 0 Å².